The molecule has 37 heavy (non-hydrogen) atoms. The zero-order chi connectivity index (χ0) is 25.5. The molecule has 5 aromatic rings. The molecule has 0 atom stereocenters. The summed E-state index contributed by atoms with van der Waals surface area (Å²) in [6.45, 7) is 1.94. The monoisotopic (exact) mass is 495 g/mol. The van der Waals surface area contributed by atoms with E-state index in [1.54, 1.807) is 47.2 Å². The summed E-state index contributed by atoms with van der Waals surface area (Å²) in [5, 5.41) is 23.9. The number of benzene rings is 2. The van der Waals surface area contributed by atoms with Gasteiger partial charge in [0.15, 0.2) is 12.0 Å². The van der Waals surface area contributed by atoms with Gasteiger partial charge in [0.2, 0.25) is 5.52 Å². The summed E-state index contributed by atoms with van der Waals surface area (Å²) in [7, 11) is 0. The highest BCUT2D eigenvalue weighted by atomic mass is 19.1. The molecule has 1 amide bonds. The molecule has 0 aliphatic heterocycles. The second kappa shape index (κ2) is 9.05. The number of para-hydroxylation sites is 2. The van der Waals surface area contributed by atoms with Crippen molar-refractivity contribution in [1.82, 2.24) is 30.0 Å². The zero-order valence-electron chi connectivity index (χ0n) is 19.9. The Labute approximate surface area is 211 Å². The second-order valence-electron chi connectivity index (χ2n) is 9.15. The SMILES string of the molecule is Cc1ccc(-c2nnc(C3CC(NC(=O)c4cccc5c4ncc[n+]5[O-])C3)n2-c2ccccc2F)nc1. The molecular formula is C27H22FN7O2. The van der Waals surface area contributed by atoms with E-state index < -0.39 is 0 Å². The van der Waals surface area contributed by atoms with Gasteiger partial charge in [0.25, 0.3) is 5.91 Å². The number of hydrogen-bond acceptors (Lipinski definition) is 6. The lowest BCUT2D eigenvalue weighted by Crippen LogP contribution is -2.44. The molecule has 1 N–H and O–H groups in total. The first kappa shape index (κ1) is 22.7. The summed E-state index contributed by atoms with van der Waals surface area (Å²) >= 11 is 0. The van der Waals surface area contributed by atoms with E-state index in [1.807, 2.05) is 19.1 Å². The summed E-state index contributed by atoms with van der Waals surface area (Å²) in [6.07, 6.45) is 5.63. The number of amides is 1. The van der Waals surface area contributed by atoms with Gasteiger partial charge >= 0.3 is 0 Å². The van der Waals surface area contributed by atoms with Gasteiger partial charge < -0.3 is 10.5 Å². The van der Waals surface area contributed by atoms with Gasteiger partial charge in [-0.05, 0) is 49.6 Å². The van der Waals surface area contributed by atoms with Crippen LogP contribution in [0.5, 0.6) is 0 Å². The summed E-state index contributed by atoms with van der Waals surface area (Å²) in [6, 6.07) is 15.1. The van der Waals surface area contributed by atoms with Crippen LogP contribution in [0.1, 0.15) is 40.5 Å². The minimum Gasteiger partial charge on any atom is -0.618 e. The van der Waals surface area contributed by atoms with Crippen LogP contribution in [0.2, 0.25) is 0 Å². The third kappa shape index (κ3) is 4.06. The van der Waals surface area contributed by atoms with Crippen molar-refractivity contribution < 1.29 is 13.9 Å². The molecule has 10 heteroatoms. The first-order chi connectivity index (χ1) is 18.0. The maximum Gasteiger partial charge on any atom is 0.253 e. The van der Waals surface area contributed by atoms with Crippen molar-refractivity contribution in [3.05, 3.63) is 101 Å². The summed E-state index contributed by atoms with van der Waals surface area (Å²) in [5.41, 5.74) is 2.97. The lowest BCUT2D eigenvalue weighted by atomic mass is 9.79. The topological polar surface area (TPSA) is 113 Å². The molecule has 0 unspecified atom stereocenters. The smallest absolute Gasteiger partial charge is 0.253 e. The molecule has 6 rings (SSSR count). The van der Waals surface area contributed by atoms with Crippen LogP contribution < -0.4 is 10.0 Å². The Morgan fingerprint density at radius 1 is 1.08 bits per heavy atom. The van der Waals surface area contributed by atoms with Gasteiger partial charge in [-0.1, -0.05) is 24.3 Å². The van der Waals surface area contributed by atoms with Crippen molar-refractivity contribution in [1.29, 1.82) is 0 Å². The lowest BCUT2D eigenvalue weighted by molar-refractivity contribution is -0.577. The number of carbonyl (C=O) groups excluding carboxylic acids is 1. The number of nitrogens with one attached hydrogen (secondary N) is 1. The number of rotatable bonds is 5. The number of aromatic nitrogens is 6. The third-order valence-electron chi connectivity index (χ3n) is 6.66. The van der Waals surface area contributed by atoms with E-state index in [4.69, 9.17) is 0 Å². The molecule has 0 bridgehead atoms. The number of nitrogens with zero attached hydrogens (tertiary/aromatic N) is 6. The lowest BCUT2D eigenvalue weighted by Gasteiger charge is -2.35. The van der Waals surface area contributed by atoms with Gasteiger partial charge in [0, 0.05) is 24.2 Å². The molecule has 2 aromatic carbocycles. The molecule has 3 aromatic heterocycles. The quantitative estimate of drug-likeness (QED) is 0.294. The molecule has 0 radical (unpaired) electrons. The molecule has 1 aliphatic carbocycles. The number of pyridine rings is 1. The van der Waals surface area contributed by atoms with Crippen molar-refractivity contribution in [2.24, 2.45) is 0 Å². The molecule has 3 heterocycles. The first-order valence-electron chi connectivity index (χ1n) is 11.9. The zero-order valence-corrected chi connectivity index (χ0v) is 19.9. The van der Waals surface area contributed by atoms with Gasteiger partial charge in [-0.3, -0.25) is 14.3 Å². The van der Waals surface area contributed by atoms with Crippen molar-refractivity contribution >= 4 is 16.9 Å². The van der Waals surface area contributed by atoms with Crippen molar-refractivity contribution in [2.45, 2.75) is 31.7 Å². The fraction of sp³-hybridized carbons (Fsp3) is 0.185. The highest BCUT2D eigenvalue weighted by molar-refractivity contribution is 6.04. The third-order valence-corrected chi connectivity index (χ3v) is 6.66. The van der Waals surface area contributed by atoms with Crippen LogP contribution in [0, 0.1) is 17.9 Å². The summed E-state index contributed by atoms with van der Waals surface area (Å²) < 4.78 is 17.3. The van der Waals surface area contributed by atoms with Crippen molar-refractivity contribution in [3.63, 3.8) is 0 Å². The minimum atomic E-state index is -0.389. The summed E-state index contributed by atoms with van der Waals surface area (Å²) in [4.78, 5) is 21.7. The number of halogens is 1. The fourth-order valence-corrected chi connectivity index (χ4v) is 4.68. The predicted molar refractivity (Wildman–Crippen MR) is 133 cm³/mol. The molecule has 184 valence electrons. The van der Waals surface area contributed by atoms with Crippen LogP contribution in [0.25, 0.3) is 28.2 Å². The van der Waals surface area contributed by atoms with Crippen LogP contribution in [0.15, 0.2) is 73.2 Å². The van der Waals surface area contributed by atoms with Gasteiger partial charge in [0.1, 0.15) is 22.9 Å². The molecule has 1 saturated carbocycles. The normalized spacial score (nSPS) is 16.9. The Morgan fingerprint density at radius 3 is 2.70 bits per heavy atom. The minimum absolute atomic E-state index is 0.0361. The van der Waals surface area contributed by atoms with Gasteiger partial charge in [-0.15, -0.1) is 10.2 Å². The van der Waals surface area contributed by atoms with E-state index in [0.29, 0.717) is 57.2 Å². The Bertz CT molecular complexity index is 1630. The van der Waals surface area contributed by atoms with Gasteiger partial charge in [0.05, 0.1) is 17.4 Å². The Kier molecular flexibility index (Phi) is 5.56. The first-order valence-corrected chi connectivity index (χ1v) is 11.9. The van der Waals surface area contributed by atoms with Crippen LogP contribution in [-0.2, 0) is 0 Å². The second-order valence-corrected chi connectivity index (χ2v) is 9.15. The maximum atomic E-state index is 14.9. The van der Waals surface area contributed by atoms with E-state index in [2.05, 4.69) is 25.5 Å². The largest absolute Gasteiger partial charge is 0.618 e. The standard InChI is InChI=1S/C27H22FN7O2/c1-16-9-10-21(30-15-16)26-33-32-25(35(26)22-7-3-2-6-20(22)28)17-13-18(14-17)31-27(36)19-5-4-8-23-24(19)29-11-12-34(23)37/h2-12,15,17-18H,13-14H2,1H3,(H,31,36). The van der Waals surface area contributed by atoms with E-state index in [1.165, 1.54) is 18.5 Å². The van der Waals surface area contributed by atoms with Crippen molar-refractivity contribution in [3.8, 4) is 17.2 Å². The molecule has 0 saturated heterocycles. The maximum absolute atomic E-state index is 14.9. The average molecular weight is 496 g/mol. The Hall–Kier alpha value is -4.73. The molecule has 9 nitrogen and oxygen atoms in total. The number of carbonyl (C=O) groups is 1. The highest BCUT2D eigenvalue weighted by Crippen LogP contribution is 2.39. The number of aryl methyl sites for hydroxylation is 1. The van der Waals surface area contributed by atoms with Crippen LogP contribution in [0.4, 0.5) is 4.39 Å². The van der Waals surface area contributed by atoms with Crippen LogP contribution in [0.3, 0.4) is 0 Å². The van der Waals surface area contributed by atoms with E-state index in [-0.39, 0.29) is 23.7 Å². The molecular weight excluding hydrogens is 473 g/mol. The molecule has 1 fully saturated rings. The van der Waals surface area contributed by atoms with Crippen molar-refractivity contribution in [2.75, 3.05) is 0 Å². The average Bonchev–Trinajstić information content (AvgIpc) is 3.30. The van der Waals surface area contributed by atoms with E-state index >= 15 is 0 Å². The van der Waals surface area contributed by atoms with E-state index in [9.17, 15) is 14.4 Å². The number of fused-ring (bicyclic) bond motifs is 1. The van der Waals surface area contributed by atoms with Crippen LogP contribution >= 0.6 is 0 Å². The molecule has 0 spiro atoms. The fourth-order valence-electron chi connectivity index (χ4n) is 4.68. The Balaban J connectivity index is 1.26. The number of hydrogen-bond donors (Lipinski definition) is 1. The van der Waals surface area contributed by atoms with Crippen LogP contribution in [-0.4, -0.2) is 36.7 Å². The Morgan fingerprint density at radius 2 is 1.92 bits per heavy atom. The molecule has 1 aliphatic rings. The highest BCUT2D eigenvalue weighted by Gasteiger charge is 2.37. The summed E-state index contributed by atoms with van der Waals surface area (Å²) in [5.74, 6) is 0.353. The van der Waals surface area contributed by atoms with Gasteiger partial charge in [-0.25, -0.2) is 9.37 Å². The predicted octanol–water partition coefficient (Wildman–Crippen LogP) is 3.63. The van der Waals surface area contributed by atoms with Gasteiger partial charge in [-0.2, -0.15) is 4.73 Å². The van der Waals surface area contributed by atoms with E-state index in [0.717, 1.165) is 5.56 Å².